The van der Waals surface area contributed by atoms with Gasteiger partial charge in [0.1, 0.15) is 5.69 Å². The highest BCUT2D eigenvalue weighted by Crippen LogP contribution is 2.32. The van der Waals surface area contributed by atoms with Crippen LogP contribution in [0.25, 0.3) is 10.9 Å². The van der Waals surface area contributed by atoms with Gasteiger partial charge in [-0.25, -0.2) is 0 Å². The molecule has 0 fully saturated rings. The van der Waals surface area contributed by atoms with E-state index in [1.54, 1.807) is 0 Å². The van der Waals surface area contributed by atoms with Crippen molar-refractivity contribution in [3.8, 4) is 0 Å². The topological polar surface area (TPSA) is 25.2 Å². The van der Waals surface area contributed by atoms with Crippen molar-refractivity contribution in [1.29, 1.82) is 0 Å². The van der Waals surface area contributed by atoms with Crippen LogP contribution in [0.2, 0.25) is 0 Å². The third kappa shape index (κ3) is 1.76. The number of hydrogen-bond donors (Lipinski definition) is 0. The highest BCUT2D eigenvalue weighted by Gasteiger charge is 2.25. The molecule has 2 aromatic rings. The summed E-state index contributed by atoms with van der Waals surface area (Å²) in [5, 5.41) is 1.26. The second kappa shape index (κ2) is 4.65. The average molecular weight is 270 g/mol. The minimum Gasteiger partial charge on any atom is -0.340 e. The van der Waals surface area contributed by atoms with Gasteiger partial charge in [0.2, 0.25) is 0 Å². The van der Waals surface area contributed by atoms with Gasteiger partial charge in [0.15, 0.2) is 0 Å². The Morgan fingerprint density at radius 3 is 2.60 bits per heavy atom. The number of carbonyl (C=O) groups excluding carboxylic acids is 1. The van der Waals surface area contributed by atoms with Gasteiger partial charge in [-0.05, 0) is 49.8 Å². The zero-order valence-corrected chi connectivity index (χ0v) is 12.8. The second-order valence-corrected chi connectivity index (χ2v) is 5.97. The summed E-state index contributed by atoms with van der Waals surface area (Å²) in [6, 6.07) is 4.36. The van der Waals surface area contributed by atoms with Crippen molar-refractivity contribution in [3.63, 3.8) is 0 Å². The van der Waals surface area contributed by atoms with E-state index >= 15 is 0 Å². The predicted octanol–water partition coefficient (Wildman–Crippen LogP) is 3.20. The maximum Gasteiger partial charge on any atom is 0.270 e. The van der Waals surface area contributed by atoms with Crippen LogP contribution in [0.5, 0.6) is 0 Å². The van der Waals surface area contributed by atoms with Crippen LogP contribution in [0.4, 0.5) is 0 Å². The Morgan fingerprint density at radius 2 is 1.85 bits per heavy atom. The monoisotopic (exact) mass is 270 g/mol. The number of rotatable bonds is 0. The molecule has 1 aliphatic heterocycles. The van der Waals surface area contributed by atoms with E-state index in [0.29, 0.717) is 0 Å². The van der Waals surface area contributed by atoms with Gasteiger partial charge in [-0.1, -0.05) is 12.1 Å². The van der Waals surface area contributed by atoms with Crippen molar-refractivity contribution in [2.45, 2.75) is 33.1 Å². The Balaban J connectivity index is 2.37. The van der Waals surface area contributed by atoms with E-state index in [0.717, 1.165) is 31.5 Å². The first-order chi connectivity index (χ1) is 9.52. The van der Waals surface area contributed by atoms with Crippen LogP contribution < -0.4 is 0 Å². The zero-order chi connectivity index (χ0) is 14.4. The number of carbonyl (C=O) groups is 1. The number of fused-ring (bicyclic) bond motifs is 3. The van der Waals surface area contributed by atoms with E-state index < -0.39 is 0 Å². The van der Waals surface area contributed by atoms with E-state index in [-0.39, 0.29) is 5.91 Å². The molecule has 0 bridgehead atoms. The van der Waals surface area contributed by atoms with Gasteiger partial charge in [-0.15, -0.1) is 0 Å². The molecule has 3 rings (SSSR count). The summed E-state index contributed by atoms with van der Waals surface area (Å²) >= 11 is 0. The van der Waals surface area contributed by atoms with Crippen LogP contribution in [0.3, 0.4) is 0 Å². The molecule has 1 aromatic heterocycles. The van der Waals surface area contributed by atoms with Crippen molar-refractivity contribution >= 4 is 16.8 Å². The van der Waals surface area contributed by atoms with Crippen LogP contribution >= 0.6 is 0 Å². The Kier molecular flexibility index (Phi) is 3.08. The van der Waals surface area contributed by atoms with Crippen LogP contribution in [0, 0.1) is 13.8 Å². The lowest BCUT2D eigenvalue weighted by Gasteiger charge is -2.21. The smallest absolute Gasteiger partial charge is 0.270 e. The van der Waals surface area contributed by atoms with Gasteiger partial charge >= 0.3 is 0 Å². The van der Waals surface area contributed by atoms with Gasteiger partial charge in [0, 0.05) is 26.0 Å². The van der Waals surface area contributed by atoms with Crippen molar-refractivity contribution in [2.24, 2.45) is 7.05 Å². The molecule has 1 amide bonds. The largest absolute Gasteiger partial charge is 0.340 e. The summed E-state index contributed by atoms with van der Waals surface area (Å²) in [5.74, 6) is 0.162. The molecule has 3 nitrogen and oxygen atoms in total. The number of benzene rings is 1. The molecule has 0 saturated carbocycles. The van der Waals surface area contributed by atoms with Crippen molar-refractivity contribution in [1.82, 2.24) is 9.47 Å². The summed E-state index contributed by atoms with van der Waals surface area (Å²) in [6.07, 6.45) is 3.24. The van der Waals surface area contributed by atoms with E-state index in [2.05, 4.69) is 30.5 Å². The van der Waals surface area contributed by atoms with Crippen LogP contribution in [0.15, 0.2) is 12.1 Å². The highest BCUT2D eigenvalue weighted by molar-refractivity contribution is 6.02. The Bertz CT molecular complexity index is 697. The molecular formula is C17H22N2O. The lowest BCUT2D eigenvalue weighted by atomic mass is 9.99. The molecular weight excluding hydrogens is 248 g/mol. The number of aromatic nitrogens is 1. The van der Waals surface area contributed by atoms with Crippen LogP contribution in [0.1, 0.15) is 40.0 Å². The first kappa shape index (κ1) is 13.2. The lowest BCUT2D eigenvalue weighted by molar-refractivity contribution is 0.0778. The molecule has 0 atom stereocenters. The Morgan fingerprint density at radius 1 is 1.10 bits per heavy atom. The quantitative estimate of drug-likeness (QED) is 0.721. The van der Waals surface area contributed by atoms with Gasteiger partial charge in [-0.3, -0.25) is 4.79 Å². The van der Waals surface area contributed by atoms with Gasteiger partial charge < -0.3 is 9.47 Å². The summed E-state index contributed by atoms with van der Waals surface area (Å²) < 4.78 is 2.11. The van der Waals surface area contributed by atoms with E-state index in [4.69, 9.17) is 0 Å². The Hall–Kier alpha value is -1.77. The fourth-order valence-corrected chi connectivity index (χ4v) is 3.38. The first-order valence-electron chi connectivity index (χ1n) is 7.35. The SMILES string of the molecule is Cc1ccc2c3c(n(C)c2c1C)C(=O)N(C)CCCC3. The molecule has 0 saturated heterocycles. The lowest BCUT2D eigenvalue weighted by Crippen LogP contribution is -2.31. The summed E-state index contributed by atoms with van der Waals surface area (Å²) in [6.45, 7) is 5.14. The number of amides is 1. The van der Waals surface area contributed by atoms with E-state index in [1.165, 1.54) is 27.6 Å². The predicted molar refractivity (Wildman–Crippen MR) is 82.3 cm³/mol. The molecule has 1 aromatic carbocycles. The maximum atomic E-state index is 12.7. The summed E-state index contributed by atoms with van der Waals surface area (Å²) in [5.41, 5.74) is 5.91. The van der Waals surface area contributed by atoms with Gasteiger partial charge in [0.05, 0.1) is 5.52 Å². The van der Waals surface area contributed by atoms with Crippen molar-refractivity contribution < 1.29 is 4.79 Å². The molecule has 0 N–H and O–H groups in total. The molecule has 3 heteroatoms. The first-order valence-corrected chi connectivity index (χ1v) is 7.35. The molecule has 0 unspecified atom stereocenters. The van der Waals surface area contributed by atoms with Gasteiger partial charge in [0.25, 0.3) is 5.91 Å². The molecule has 20 heavy (non-hydrogen) atoms. The molecule has 0 spiro atoms. The molecule has 0 aliphatic carbocycles. The second-order valence-electron chi connectivity index (χ2n) is 5.97. The van der Waals surface area contributed by atoms with Crippen molar-refractivity contribution in [3.05, 3.63) is 34.5 Å². The molecule has 106 valence electrons. The van der Waals surface area contributed by atoms with Gasteiger partial charge in [-0.2, -0.15) is 0 Å². The normalized spacial score (nSPS) is 16.2. The third-order valence-corrected chi connectivity index (χ3v) is 4.70. The Labute approximate surface area is 120 Å². The van der Waals surface area contributed by atoms with E-state index in [9.17, 15) is 4.79 Å². The number of nitrogens with zero attached hydrogens (tertiary/aromatic N) is 2. The van der Waals surface area contributed by atoms with E-state index in [1.807, 2.05) is 19.0 Å². The van der Waals surface area contributed by atoms with Crippen LogP contribution in [-0.4, -0.2) is 29.0 Å². The standard InChI is InChI=1S/C17H22N2O/c1-11-8-9-14-13-7-5-6-10-18(3)17(20)16(13)19(4)15(14)12(11)2/h8-9H,5-7,10H2,1-4H3. The number of aryl methyl sites for hydroxylation is 4. The molecule has 1 aliphatic rings. The summed E-state index contributed by atoms with van der Waals surface area (Å²) in [7, 11) is 3.94. The molecule has 0 radical (unpaired) electrons. The molecule has 2 heterocycles. The summed E-state index contributed by atoms with van der Waals surface area (Å²) in [4.78, 5) is 14.5. The third-order valence-electron chi connectivity index (χ3n) is 4.70. The fraction of sp³-hybridized carbons (Fsp3) is 0.471. The fourth-order valence-electron chi connectivity index (χ4n) is 3.38. The maximum absolute atomic E-state index is 12.7. The average Bonchev–Trinajstić information content (AvgIpc) is 2.69. The van der Waals surface area contributed by atoms with Crippen LogP contribution in [-0.2, 0) is 13.5 Å². The zero-order valence-electron chi connectivity index (χ0n) is 12.8. The minimum atomic E-state index is 0.162. The highest BCUT2D eigenvalue weighted by atomic mass is 16.2. The van der Waals surface area contributed by atoms with Crippen molar-refractivity contribution in [2.75, 3.05) is 13.6 Å². The number of hydrogen-bond acceptors (Lipinski definition) is 1. The minimum absolute atomic E-state index is 0.162.